The zero-order valence-corrected chi connectivity index (χ0v) is 12.0. The molecule has 3 rings (SSSR count). The van der Waals surface area contributed by atoms with E-state index in [1.54, 1.807) is 18.2 Å². The summed E-state index contributed by atoms with van der Waals surface area (Å²) in [6, 6.07) is 16.5. The molecule has 0 aliphatic heterocycles. The smallest absolute Gasteiger partial charge is 0.343 e. The Balaban J connectivity index is 2.21. The molecule has 0 N–H and O–H groups in total. The summed E-state index contributed by atoms with van der Waals surface area (Å²) in [5.74, 6) is -0.187. The number of ether oxygens (including phenoxy) is 1. The highest BCUT2D eigenvalue weighted by atomic mass is 16.5. The molecule has 0 aliphatic carbocycles. The Bertz CT molecular complexity index is 878. The molecule has 0 aliphatic rings. The molecule has 0 fully saturated rings. The first-order chi connectivity index (χ1) is 10.6. The molecule has 2 aromatic carbocycles. The molecule has 0 atom stereocenters. The molecule has 0 unspecified atom stereocenters. The van der Waals surface area contributed by atoms with E-state index in [2.05, 4.69) is 0 Å². The van der Waals surface area contributed by atoms with E-state index in [1.807, 2.05) is 36.4 Å². The summed E-state index contributed by atoms with van der Waals surface area (Å²) >= 11 is 0. The van der Waals surface area contributed by atoms with Crippen LogP contribution in [-0.4, -0.2) is 5.97 Å². The Morgan fingerprint density at radius 3 is 2.45 bits per heavy atom. The van der Waals surface area contributed by atoms with Crippen LogP contribution in [0.5, 0.6) is 5.75 Å². The van der Waals surface area contributed by atoms with Gasteiger partial charge in [0.05, 0.1) is 10.9 Å². The van der Waals surface area contributed by atoms with Gasteiger partial charge in [-0.1, -0.05) is 42.5 Å². The lowest BCUT2D eigenvalue weighted by atomic mass is 10.0. The third kappa shape index (κ3) is 2.76. The third-order valence-electron chi connectivity index (χ3n) is 3.32. The SMILES string of the molecule is CC(=O)Oc1c(Cc2ccccc2)c(=O)oc2ccccc12. The van der Waals surface area contributed by atoms with Gasteiger partial charge in [-0.15, -0.1) is 0 Å². The summed E-state index contributed by atoms with van der Waals surface area (Å²) in [7, 11) is 0. The Hall–Kier alpha value is -2.88. The van der Waals surface area contributed by atoms with Crippen LogP contribution in [0.1, 0.15) is 18.1 Å². The van der Waals surface area contributed by atoms with E-state index in [1.165, 1.54) is 6.92 Å². The van der Waals surface area contributed by atoms with Crippen LogP contribution in [0.4, 0.5) is 0 Å². The highest BCUT2D eigenvalue weighted by Gasteiger charge is 2.17. The number of rotatable bonds is 3. The van der Waals surface area contributed by atoms with Crippen molar-refractivity contribution in [2.45, 2.75) is 13.3 Å². The van der Waals surface area contributed by atoms with Crippen molar-refractivity contribution in [1.82, 2.24) is 0 Å². The average molecular weight is 294 g/mol. The van der Waals surface area contributed by atoms with Crippen molar-refractivity contribution < 1.29 is 13.9 Å². The quantitative estimate of drug-likeness (QED) is 0.549. The van der Waals surface area contributed by atoms with Gasteiger partial charge in [0.25, 0.3) is 0 Å². The van der Waals surface area contributed by atoms with Crippen LogP contribution in [0.25, 0.3) is 11.0 Å². The highest BCUT2D eigenvalue weighted by molar-refractivity contribution is 5.87. The van der Waals surface area contributed by atoms with Crippen LogP contribution in [0, 0.1) is 0 Å². The zero-order valence-electron chi connectivity index (χ0n) is 12.0. The van der Waals surface area contributed by atoms with Crippen LogP contribution in [-0.2, 0) is 11.2 Å². The molecular formula is C18H14O4. The average Bonchev–Trinajstić information content (AvgIpc) is 2.51. The summed E-state index contributed by atoms with van der Waals surface area (Å²) in [6.07, 6.45) is 0.344. The van der Waals surface area contributed by atoms with Gasteiger partial charge in [0.15, 0.2) is 5.75 Å². The topological polar surface area (TPSA) is 56.5 Å². The van der Waals surface area contributed by atoms with Gasteiger partial charge in [-0.25, -0.2) is 4.79 Å². The van der Waals surface area contributed by atoms with E-state index in [4.69, 9.17) is 9.15 Å². The first-order valence-corrected chi connectivity index (χ1v) is 6.92. The second-order valence-electron chi connectivity index (χ2n) is 4.95. The first-order valence-electron chi connectivity index (χ1n) is 6.92. The molecule has 4 nitrogen and oxygen atoms in total. The number of carbonyl (C=O) groups is 1. The monoisotopic (exact) mass is 294 g/mol. The number of hydrogen-bond acceptors (Lipinski definition) is 4. The molecule has 1 aromatic heterocycles. The van der Waals surface area contributed by atoms with E-state index in [-0.39, 0.29) is 5.75 Å². The van der Waals surface area contributed by atoms with Crippen molar-refractivity contribution in [2.24, 2.45) is 0 Å². The Morgan fingerprint density at radius 1 is 1.05 bits per heavy atom. The molecule has 110 valence electrons. The van der Waals surface area contributed by atoms with Crippen molar-refractivity contribution in [3.05, 3.63) is 76.1 Å². The second kappa shape index (κ2) is 5.85. The van der Waals surface area contributed by atoms with E-state index in [9.17, 15) is 9.59 Å². The lowest BCUT2D eigenvalue weighted by Crippen LogP contribution is -2.14. The third-order valence-corrected chi connectivity index (χ3v) is 3.32. The molecule has 4 heteroatoms. The standard InChI is InChI=1S/C18H14O4/c1-12(19)21-17-14-9-5-6-10-16(14)22-18(20)15(17)11-13-7-3-2-4-8-13/h2-10H,11H2,1H3. The van der Waals surface area contributed by atoms with Gasteiger partial charge in [0.2, 0.25) is 0 Å². The van der Waals surface area contributed by atoms with Gasteiger partial charge in [-0.05, 0) is 17.7 Å². The molecule has 0 spiro atoms. The summed E-state index contributed by atoms with van der Waals surface area (Å²) < 4.78 is 10.7. The molecule has 1 heterocycles. The van der Waals surface area contributed by atoms with Gasteiger partial charge >= 0.3 is 11.6 Å². The Morgan fingerprint density at radius 2 is 1.73 bits per heavy atom. The van der Waals surface area contributed by atoms with Crippen LogP contribution in [0.15, 0.2) is 63.8 Å². The largest absolute Gasteiger partial charge is 0.425 e. The van der Waals surface area contributed by atoms with Crippen molar-refractivity contribution in [2.75, 3.05) is 0 Å². The molecule has 0 amide bonds. The van der Waals surface area contributed by atoms with Gasteiger partial charge in [0, 0.05) is 13.3 Å². The van der Waals surface area contributed by atoms with Gasteiger partial charge in [0.1, 0.15) is 5.58 Å². The predicted octanol–water partition coefficient (Wildman–Crippen LogP) is 3.31. The Kier molecular flexibility index (Phi) is 3.74. The summed E-state index contributed by atoms with van der Waals surface area (Å²) in [5.41, 5.74) is 1.21. The maximum absolute atomic E-state index is 12.3. The van der Waals surface area contributed by atoms with Crippen LogP contribution >= 0.6 is 0 Å². The van der Waals surface area contributed by atoms with Crippen molar-refractivity contribution in [3.63, 3.8) is 0 Å². The zero-order chi connectivity index (χ0) is 15.5. The lowest BCUT2D eigenvalue weighted by molar-refractivity contribution is -0.131. The molecular weight excluding hydrogens is 280 g/mol. The molecule has 3 aromatic rings. The lowest BCUT2D eigenvalue weighted by Gasteiger charge is -2.10. The fraction of sp³-hybridized carbons (Fsp3) is 0.111. The van der Waals surface area contributed by atoms with E-state index >= 15 is 0 Å². The predicted molar refractivity (Wildman–Crippen MR) is 83.0 cm³/mol. The van der Waals surface area contributed by atoms with E-state index in [0.717, 1.165) is 5.56 Å². The second-order valence-corrected chi connectivity index (χ2v) is 4.95. The Labute approximate surface area is 127 Å². The van der Waals surface area contributed by atoms with Crippen LogP contribution in [0.3, 0.4) is 0 Å². The number of esters is 1. The van der Waals surface area contributed by atoms with Crippen molar-refractivity contribution in [3.8, 4) is 5.75 Å². The van der Waals surface area contributed by atoms with E-state index < -0.39 is 11.6 Å². The van der Waals surface area contributed by atoms with Crippen LogP contribution in [0.2, 0.25) is 0 Å². The minimum Gasteiger partial charge on any atom is -0.425 e. The molecule has 0 saturated heterocycles. The molecule has 0 bridgehead atoms. The number of carbonyl (C=O) groups excluding carboxylic acids is 1. The normalized spacial score (nSPS) is 10.6. The van der Waals surface area contributed by atoms with Gasteiger partial charge in [-0.3, -0.25) is 4.79 Å². The van der Waals surface area contributed by atoms with Gasteiger partial charge < -0.3 is 9.15 Å². The minimum atomic E-state index is -0.487. The summed E-state index contributed by atoms with van der Waals surface area (Å²) in [4.78, 5) is 23.7. The van der Waals surface area contributed by atoms with E-state index in [0.29, 0.717) is 23.0 Å². The fourth-order valence-electron chi connectivity index (χ4n) is 2.37. The maximum atomic E-state index is 12.3. The highest BCUT2D eigenvalue weighted by Crippen LogP contribution is 2.29. The molecule has 0 radical (unpaired) electrons. The number of para-hydroxylation sites is 1. The van der Waals surface area contributed by atoms with Crippen LogP contribution < -0.4 is 10.4 Å². The molecule has 0 saturated carbocycles. The summed E-state index contributed by atoms with van der Waals surface area (Å²) in [6.45, 7) is 1.32. The first kappa shape index (κ1) is 14.1. The van der Waals surface area contributed by atoms with Crippen molar-refractivity contribution in [1.29, 1.82) is 0 Å². The van der Waals surface area contributed by atoms with Gasteiger partial charge in [-0.2, -0.15) is 0 Å². The van der Waals surface area contributed by atoms with Crippen molar-refractivity contribution >= 4 is 16.9 Å². The minimum absolute atomic E-state index is 0.281. The number of hydrogen-bond donors (Lipinski definition) is 0. The fourth-order valence-corrected chi connectivity index (χ4v) is 2.37. The number of benzene rings is 2. The number of fused-ring (bicyclic) bond motifs is 1. The molecule has 22 heavy (non-hydrogen) atoms. The maximum Gasteiger partial charge on any atom is 0.343 e. The summed E-state index contributed by atoms with van der Waals surface area (Å²) in [5, 5.41) is 0.614.